The van der Waals surface area contributed by atoms with Crippen molar-refractivity contribution in [1.82, 2.24) is 4.90 Å². The number of carbonyl (C=O) groups is 1. The predicted octanol–water partition coefficient (Wildman–Crippen LogP) is 3.50. The molecule has 1 atom stereocenters. The van der Waals surface area contributed by atoms with Crippen LogP contribution in [0, 0.1) is 30.1 Å². The zero-order valence-corrected chi connectivity index (χ0v) is 13.2. The molecule has 1 aliphatic rings. The summed E-state index contributed by atoms with van der Waals surface area (Å²) in [5, 5.41) is 8.96. The van der Waals surface area contributed by atoms with Crippen LogP contribution in [0.15, 0.2) is 24.3 Å². The van der Waals surface area contributed by atoms with Gasteiger partial charge in [0, 0.05) is 19.0 Å². The van der Waals surface area contributed by atoms with Crippen LogP contribution in [0.4, 0.5) is 0 Å². The van der Waals surface area contributed by atoms with E-state index < -0.39 is 0 Å². The third-order valence-electron chi connectivity index (χ3n) is 4.36. The van der Waals surface area contributed by atoms with E-state index in [1.54, 1.807) is 0 Å². The van der Waals surface area contributed by atoms with Gasteiger partial charge in [0.15, 0.2) is 0 Å². The lowest BCUT2D eigenvalue weighted by Gasteiger charge is -2.33. The number of piperidine rings is 1. The third-order valence-corrected chi connectivity index (χ3v) is 4.36. The van der Waals surface area contributed by atoms with Crippen molar-refractivity contribution >= 4 is 5.91 Å². The van der Waals surface area contributed by atoms with E-state index in [0.717, 1.165) is 18.4 Å². The highest BCUT2D eigenvalue weighted by atomic mass is 16.2. The van der Waals surface area contributed by atoms with E-state index in [1.165, 1.54) is 5.56 Å². The van der Waals surface area contributed by atoms with Crippen molar-refractivity contribution in [3.05, 3.63) is 35.4 Å². The van der Waals surface area contributed by atoms with Crippen molar-refractivity contribution < 1.29 is 4.79 Å². The fraction of sp³-hybridized carbons (Fsp3) is 0.556. The molecule has 1 aromatic rings. The molecule has 0 spiro atoms. The summed E-state index contributed by atoms with van der Waals surface area (Å²) in [6.07, 6.45) is 1.61. The Kier molecular flexibility index (Phi) is 5.01. The lowest BCUT2D eigenvalue weighted by molar-refractivity contribution is -0.135. The molecule has 0 bridgehead atoms. The first kappa shape index (κ1) is 15.6. The van der Waals surface area contributed by atoms with Crippen LogP contribution in [0.5, 0.6) is 0 Å². The predicted molar refractivity (Wildman–Crippen MR) is 83.7 cm³/mol. The van der Waals surface area contributed by atoms with Crippen molar-refractivity contribution in [1.29, 1.82) is 5.26 Å². The lowest BCUT2D eigenvalue weighted by Crippen LogP contribution is -2.42. The van der Waals surface area contributed by atoms with E-state index in [1.807, 2.05) is 4.90 Å². The Morgan fingerprint density at radius 1 is 1.24 bits per heavy atom. The maximum atomic E-state index is 12.9. The molecule has 2 rings (SSSR count). The first-order chi connectivity index (χ1) is 10.0. The van der Waals surface area contributed by atoms with Crippen molar-refractivity contribution in [2.45, 2.75) is 39.5 Å². The molecule has 0 saturated carbocycles. The van der Waals surface area contributed by atoms with E-state index in [2.05, 4.69) is 51.1 Å². The molecular formula is C18H24N2O. The molecule has 1 unspecified atom stereocenters. The van der Waals surface area contributed by atoms with Crippen LogP contribution in [-0.4, -0.2) is 23.9 Å². The number of nitrogens with zero attached hydrogens (tertiary/aromatic N) is 2. The molecule has 1 saturated heterocycles. The van der Waals surface area contributed by atoms with E-state index in [-0.39, 0.29) is 23.7 Å². The van der Waals surface area contributed by atoms with Crippen LogP contribution in [0.2, 0.25) is 0 Å². The van der Waals surface area contributed by atoms with Gasteiger partial charge in [0.05, 0.1) is 12.0 Å². The SMILES string of the molecule is Cc1ccc(C(C(=O)N2CCC(C#N)CC2)C(C)C)cc1. The maximum absolute atomic E-state index is 12.9. The molecule has 1 heterocycles. The number of amides is 1. The summed E-state index contributed by atoms with van der Waals surface area (Å²) in [6.45, 7) is 7.69. The lowest BCUT2D eigenvalue weighted by atomic mass is 9.86. The molecule has 3 heteroatoms. The van der Waals surface area contributed by atoms with Gasteiger partial charge in [-0.2, -0.15) is 5.26 Å². The Balaban J connectivity index is 2.13. The molecular weight excluding hydrogens is 260 g/mol. The monoisotopic (exact) mass is 284 g/mol. The van der Waals surface area contributed by atoms with Crippen molar-refractivity contribution in [3.63, 3.8) is 0 Å². The highest BCUT2D eigenvalue weighted by Gasteiger charge is 2.31. The molecule has 0 aromatic heterocycles. The normalized spacial score (nSPS) is 17.6. The molecule has 1 amide bonds. The maximum Gasteiger partial charge on any atom is 0.230 e. The Morgan fingerprint density at radius 2 is 1.81 bits per heavy atom. The largest absolute Gasteiger partial charge is 0.342 e. The van der Waals surface area contributed by atoms with Crippen LogP contribution in [0.1, 0.15) is 43.7 Å². The van der Waals surface area contributed by atoms with Gasteiger partial charge >= 0.3 is 0 Å². The average Bonchev–Trinajstić information content (AvgIpc) is 2.49. The van der Waals surface area contributed by atoms with Crippen LogP contribution in [0.3, 0.4) is 0 Å². The Hall–Kier alpha value is -1.82. The Bertz CT molecular complexity index is 519. The number of carbonyl (C=O) groups excluding carboxylic acids is 1. The second kappa shape index (κ2) is 6.76. The summed E-state index contributed by atoms with van der Waals surface area (Å²) in [6, 6.07) is 10.6. The van der Waals surface area contributed by atoms with Crippen LogP contribution in [0.25, 0.3) is 0 Å². The quantitative estimate of drug-likeness (QED) is 0.852. The standard InChI is InChI=1S/C18H24N2O/c1-13(2)17(16-6-4-14(3)5-7-16)18(21)20-10-8-15(12-19)9-11-20/h4-7,13,15,17H,8-11H2,1-3H3. The van der Waals surface area contributed by atoms with E-state index in [9.17, 15) is 4.79 Å². The minimum Gasteiger partial charge on any atom is -0.342 e. The van der Waals surface area contributed by atoms with E-state index in [4.69, 9.17) is 5.26 Å². The zero-order valence-electron chi connectivity index (χ0n) is 13.2. The molecule has 112 valence electrons. The number of hydrogen-bond donors (Lipinski definition) is 0. The summed E-state index contributed by atoms with van der Waals surface area (Å²) in [7, 11) is 0. The third kappa shape index (κ3) is 3.64. The van der Waals surface area contributed by atoms with Gasteiger partial charge in [-0.25, -0.2) is 0 Å². The minimum atomic E-state index is -0.0794. The van der Waals surface area contributed by atoms with Crippen molar-refractivity contribution in [3.8, 4) is 6.07 Å². The molecule has 0 radical (unpaired) electrons. The highest BCUT2D eigenvalue weighted by molar-refractivity contribution is 5.84. The van der Waals surface area contributed by atoms with Gasteiger partial charge in [-0.1, -0.05) is 43.7 Å². The highest BCUT2D eigenvalue weighted by Crippen LogP contribution is 2.29. The summed E-state index contributed by atoms with van der Waals surface area (Å²) >= 11 is 0. The number of likely N-dealkylation sites (tertiary alicyclic amines) is 1. The fourth-order valence-corrected chi connectivity index (χ4v) is 3.01. The molecule has 0 aliphatic carbocycles. The number of nitriles is 1. The smallest absolute Gasteiger partial charge is 0.230 e. The van der Waals surface area contributed by atoms with E-state index in [0.29, 0.717) is 13.1 Å². The number of aryl methyl sites for hydroxylation is 1. The van der Waals surface area contributed by atoms with Gasteiger partial charge in [0.1, 0.15) is 0 Å². The molecule has 1 fully saturated rings. The summed E-state index contributed by atoms with van der Waals surface area (Å²) < 4.78 is 0. The second-order valence-electron chi connectivity index (χ2n) is 6.36. The van der Waals surface area contributed by atoms with Gasteiger partial charge < -0.3 is 4.90 Å². The van der Waals surface area contributed by atoms with E-state index >= 15 is 0 Å². The summed E-state index contributed by atoms with van der Waals surface area (Å²) in [5.41, 5.74) is 2.31. The summed E-state index contributed by atoms with van der Waals surface area (Å²) in [5.74, 6) is 0.522. The Labute approximate surface area is 127 Å². The van der Waals surface area contributed by atoms with Gasteiger partial charge in [0.25, 0.3) is 0 Å². The molecule has 3 nitrogen and oxygen atoms in total. The van der Waals surface area contributed by atoms with Crippen molar-refractivity contribution in [2.75, 3.05) is 13.1 Å². The molecule has 0 N–H and O–H groups in total. The topological polar surface area (TPSA) is 44.1 Å². The van der Waals surface area contributed by atoms with Crippen LogP contribution in [-0.2, 0) is 4.79 Å². The molecule has 1 aliphatic heterocycles. The molecule has 21 heavy (non-hydrogen) atoms. The van der Waals surface area contributed by atoms with Gasteiger partial charge in [-0.05, 0) is 31.2 Å². The van der Waals surface area contributed by atoms with Gasteiger partial charge in [-0.3, -0.25) is 4.79 Å². The van der Waals surface area contributed by atoms with Crippen molar-refractivity contribution in [2.24, 2.45) is 11.8 Å². The molecule has 1 aromatic carbocycles. The Morgan fingerprint density at radius 3 is 2.29 bits per heavy atom. The minimum absolute atomic E-state index is 0.0794. The summed E-state index contributed by atoms with van der Waals surface area (Å²) in [4.78, 5) is 14.8. The fourth-order valence-electron chi connectivity index (χ4n) is 3.01. The van der Waals surface area contributed by atoms with Crippen LogP contribution >= 0.6 is 0 Å². The zero-order chi connectivity index (χ0) is 15.4. The van der Waals surface area contributed by atoms with Gasteiger partial charge in [0.2, 0.25) is 5.91 Å². The van der Waals surface area contributed by atoms with Crippen LogP contribution < -0.4 is 0 Å². The first-order valence-corrected chi connectivity index (χ1v) is 7.78. The number of hydrogen-bond acceptors (Lipinski definition) is 2. The number of benzene rings is 1. The average molecular weight is 284 g/mol. The second-order valence-corrected chi connectivity index (χ2v) is 6.36. The first-order valence-electron chi connectivity index (χ1n) is 7.78. The number of rotatable bonds is 3. The van der Waals surface area contributed by atoms with Gasteiger partial charge in [-0.15, -0.1) is 0 Å².